The number of aryl methyl sites for hydroxylation is 1. The number of piperazine rings is 1. The average Bonchev–Trinajstić information content (AvgIpc) is 3.28. The molecule has 1 fully saturated rings. The molecule has 0 aliphatic carbocycles. The Morgan fingerprint density at radius 3 is 2.56 bits per heavy atom. The maximum atomic E-state index is 12.4. The molecule has 1 N–H and O–H groups in total. The number of nitrogens with one attached hydrogen (secondary N) is 1. The Bertz CT molecular complexity index is 753. The number of aromatic nitrogens is 1. The van der Waals surface area contributed by atoms with Crippen LogP contribution in [0.4, 0.5) is 5.82 Å². The minimum atomic E-state index is -0.108. The first kappa shape index (κ1) is 19.5. The van der Waals surface area contributed by atoms with E-state index in [1.54, 1.807) is 29.2 Å². The van der Waals surface area contributed by atoms with Gasteiger partial charge in [0.2, 0.25) is 11.8 Å². The maximum Gasteiger partial charge on any atom is 0.239 e. The predicted molar refractivity (Wildman–Crippen MR) is 104 cm³/mol. The average molecular weight is 391 g/mol. The fourth-order valence-electron chi connectivity index (χ4n) is 2.95. The van der Waals surface area contributed by atoms with E-state index >= 15 is 0 Å². The van der Waals surface area contributed by atoms with E-state index in [1.807, 2.05) is 24.6 Å². The third-order valence-corrected chi connectivity index (χ3v) is 5.35. The van der Waals surface area contributed by atoms with Crippen LogP contribution in [0.5, 0.6) is 0 Å². The van der Waals surface area contributed by atoms with Gasteiger partial charge in [0.25, 0.3) is 0 Å². The zero-order valence-corrected chi connectivity index (χ0v) is 16.5. The first-order chi connectivity index (χ1) is 13.0. The lowest BCUT2D eigenvalue weighted by Crippen LogP contribution is -2.51. The lowest BCUT2D eigenvalue weighted by molar-refractivity contribution is -0.132. The van der Waals surface area contributed by atoms with Gasteiger partial charge in [0, 0.05) is 44.2 Å². The third kappa shape index (κ3) is 5.88. The fraction of sp³-hybridized carbons (Fsp3) is 0.500. The molecule has 0 radical (unpaired) electrons. The van der Waals surface area contributed by atoms with Gasteiger partial charge in [-0.15, -0.1) is 11.3 Å². The smallest absolute Gasteiger partial charge is 0.239 e. The van der Waals surface area contributed by atoms with Gasteiger partial charge in [-0.1, -0.05) is 11.2 Å². The molecule has 0 atom stereocenters. The zero-order valence-electron chi connectivity index (χ0n) is 15.7. The molecule has 0 bridgehead atoms. The SMILES string of the molecule is Cc1cc(NC(=O)CN2CCN(CC(=O)N(C)Cc3cccs3)CC2)no1. The number of hydrogen-bond donors (Lipinski definition) is 1. The zero-order chi connectivity index (χ0) is 19.2. The van der Waals surface area contributed by atoms with Crippen molar-refractivity contribution in [1.82, 2.24) is 19.9 Å². The molecular weight excluding hydrogens is 366 g/mol. The van der Waals surface area contributed by atoms with E-state index in [9.17, 15) is 9.59 Å². The Labute approximate surface area is 162 Å². The Balaban J connectivity index is 1.37. The highest BCUT2D eigenvalue weighted by atomic mass is 32.1. The summed E-state index contributed by atoms with van der Waals surface area (Å²) < 4.78 is 4.94. The van der Waals surface area contributed by atoms with Crippen LogP contribution in [0.15, 0.2) is 28.1 Å². The van der Waals surface area contributed by atoms with Crippen molar-refractivity contribution in [2.45, 2.75) is 13.5 Å². The van der Waals surface area contributed by atoms with Crippen molar-refractivity contribution in [2.75, 3.05) is 51.6 Å². The van der Waals surface area contributed by atoms with Crippen molar-refractivity contribution >= 4 is 29.0 Å². The minimum absolute atomic E-state index is 0.108. The normalized spacial score (nSPS) is 15.6. The molecule has 1 aliphatic rings. The van der Waals surface area contributed by atoms with Crippen molar-refractivity contribution in [3.8, 4) is 0 Å². The van der Waals surface area contributed by atoms with E-state index in [-0.39, 0.29) is 11.8 Å². The summed E-state index contributed by atoms with van der Waals surface area (Å²) in [6.07, 6.45) is 0. The van der Waals surface area contributed by atoms with Crippen molar-refractivity contribution in [3.63, 3.8) is 0 Å². The highest BCUT2D eigenvalue weighted by Gasteiger charge is 2.22. The molecule has 1 saturated heterocycles. The van der Waals surface area contributed by atoms with E-state index in [1.165, 1.54) is 4.88 Å². The van der Waals surface area contributed by atoms with Gasteiger partial charge in [-0.2, -0.15) is 0 Å². The number of thiophene rings is 1. The number of amides is 2. The highest BCUT2D eigenvalue weighted by molar-refractivity contribution is 7.09. The molecule has 0 unspecified atom stereocenters. The van der Waals surface area contributed by atoms with Crippen LogP contribution in [0.25, 0.3) is 0 Å². The molecule has 0 saturated carbocycles. The number of nitrogens with zero attached hydrogens (tertiary/aromatic N) is 4. The largest absolute Gasteiger partial charge is 0.360 e. The van der Waals surface area contributed by atoms with Crippen LogP contribution in [0.3, 0.4) is 0 Å². The van der Waals surface area contributed by atoms with Crippen LogP contribution in [0, 0.1) is 6.92 Å². The predicted octanol–water partition coefficient (Wildman–Crippen LogP) is 1.26. The van der Waals surface area contributed by atoms with Gasteiger partial charge in [0.15, 0.2) is 5.82 Å². The summed E-state index contributed by atoms with van der Waals surface area (Å²) in [4.78, 5) is 31.7. The topological polar surface area (TPSA) is 81.9 Å². The Hall–Kier alpha value is -2.23. The summed E-state index contributed by atoms with van der Waals surface area (Å²) in [6, 6.07) is 5.73. The highest BCUT2D eigenvalue weighted by Crippen LogP contribution is 2.12. The molecule has 1 aliphatic heterocycles. The van der Waals surface area contributed by atoms with Gasteiger partial charge >= 0.3 is 0 Å². The molecule has 0 spiro atoms. The summed E-state index contributed by atoms with van der Waals surface area (Å²) in [5.41, 5.74) is 0. The molecule has 8 nitrogen and oxygen atoms in total. The molecule has 146 valence electrons. The molecule has 9 heteroatoms. The second kappa shape index (κ2) is 9.12. The first-order valence-electron chi connectivity index (χ1n) is 8.94. The molecule has 3 heterocycles. The molecule has 3 rings (SSSR count). The van der Waals surface area contributed by atoms with Crippen LogP contribution >= 0.6 is 11.3 Å². The monoisotopic (exact) mass is 391 g/mol. The van der Waals surface area contributed by atoms with Gasteiger partial charge in [-0.3, -0.25) is 19.4 Å². The molecule has 27 heavy (non-hydrogen) atoms. The second-order valence-electron chi connectivity index (χ2n) is 6.75. The fourth-order valence-corrected chi connectivity index (χ4v) is 3.71. The van der Waals surface area contributed by atoms with Crippen molar-refractivity contribution in [2.24, 2.45) is 0 Å². The molecule has 2 aromatic heterocycles. The van der Waals surface area contributed by atoms with E-state index in [0.717, 1.165) is 26.2 Å². The number of likely N-dealkylation sites (N-methyl/N-ethyl adjacent to an activating group) is 1. The first-order valence-corrected chi connectivity index (χ1v) is 9.82. The van der Waals surface area contributed by atoms with E-state index in [0.29, 0.717) is 31.2 Å². The van der Waals surface area contributed by atoms with Gasteiger partial charge in [0.1, 0.15) is 5.76 Å². The third-order valence-electron chi connectivity index (χ3n) is 4.49. The van der Waals surface area contributed by atoms with Gasteiger partial charge in [0.05, 0.1) is 19.6 Å². The molecule has 2 amide bonds. The van der Waals surface area contributed by atoms with Crippen LogP contribution < -0.4 is 5.32 Å². The molecule has 0 aromatic carbocycles. The number of anilines is 1. The Morgan fingerprint density at radius 1 is 1.26 bits per heavy atom. The summed E-state index contributed by atoms with van der Waals surface area (Å²) in [5.74, 6) is 1.11. The number of rotatable bonds is 7. The second-order valence-corrected chi connectivity index (χ2v) is 7.78. The van der Waals surface area contributed by atoms with E-state index in [2.05, 4.69) is 20.3 Å². The van der Waals surface area contributed by atoms with Crippen LogP contribution in [-0.2, 0) is 16.1 Å². The van der Waals surface area contributed by atoms with Crippen LogP contribution in [0.1, 0.15) is 10.6 Å². The summed E-state index contributed by atoms with van der Waals surface area (Å²) >= 11 is 1.66. The summed E-state index contributed by atoms with van der Waals surface area (Å²) in [6.45, 7) is 6.22. The molecule has 2 aromatic rings. The number of carbonyl (C=O) groups excluding carboxylic acids is 2. The standard InChI is InChI=1S/C18H25N5O3S/c1-14-10-16(20-26-14)19-17(24)12-22-5-7-23(8-6-22)13-18(25)21(2)11-15-4-3-9-27-15/h3-4,9-10H,5-8,11-13H2,1-2H3,(H,19,20,24). The van der Waals surface area contributed by atoms with Crippen molar-refractivity contribution in [1.29, 1.82) is 0 Å². The number of carbonyl (C=O) groups is 2. The van der Waals surface area contributed by atoms with Gasteiger partial charge < -0.3 is 14.7 Å². The van der Waals surface area contributed by atoms with Crippen molar-refractivity contribution < 1.29 is 14.1 Å². The Morgan fingerprint density at radius 2 is 1.96 bits per heavy atom. The van der Waals surface area contributed by atoms with Gasteiger partial charge in [-0.25, -0.2) is 0 Å². The minimum Gasteiger partial charge on any atom is -0.360 e. The van der Waals surface area contributed by atoms with Crippen molar-refractivity contribution in [3.05, 3.63) is 34.2 Å². The summed E-state index contributed by atoms with van der Waals surface area (Å²) in [5, 5.41) is 8.51. The lowest BCUT2D eigenvalue weighted by Gasteiger charge is -2.34. The lowest BCUT2D eigenvalue weighted by atomic mass is 10.3. The summed E-state index contributed by atoms with van der Waals surface area (Å²) in [7, 11) is 1.84. The molecular formula is C18H25N5O3S. The van der Waals surface area contributed by atoms with E-state index < -0.39 is 0 Å². The van der Waals surface area contributed by atoms with Crippen LogP contribution in [0.2, 0.25) is 0 Å². The van der Waals surface area contributed by atoms with Crippen LogP contribution in [-0.4, -0.2) is 78.0 Å². The maximum absolute atomic E-state index is 12.4. The Kier molecular flexibility index (Phi) is 6.59. The number of hydrogen-bond acceptors (Lipinski definition) is 7. The van der Waals surface area contributed by atoms with Gasteiger partial charge in [-0.05, 0) is 18.4 Å². The van der Waals surface area contributed by atoms with E-state index in [4.69, 9.17) is 4.52 Å². The quantitative estimate of drug-likeness (QED) is 0.765.